The minimum Gasteiger partial charge on any atom is -0.398 e. The van der Waals surface area contributed by atoms with Gasteiger partial charge < -0.3 is 5.73 Å². The Bertz CT molecular complexity index is 376. The highest BCUT2D eigenvalue weighted by Gasteiger charge is 2.25. The lowest BCUT2D eigenvalue weighted by molar-refractivity contribution is 0.623. The second-order valence-corrected chi connectivity index (χ2v) is 5.10. The van der Waals surface area contributed by atoms with Gasteiger partial charge in [0.25, 0.3) is 0 Å². The van der Waals surface area contributed by atoms with Gasteiger partial charge in [-0.2, -0.15) is 0 Å². The van der Waals surface area contributed by atoms with Crippen molar-refractivity contribution in [3.05, 3.63) is 24.0 Å². The molecule has 1 atom stereocenters. The van der Waals surface area contributed by atoms with Crippen LogP contribution in [0.4, 0.5) is 10.1 Å². The van der Waals surface area contributed by atoms with Crippen LogP contribution in [0.25, 0.3) is 0 Å². The number of hydrogen-bond acceptors (Lipinski definition) is 2. The number of nitrogen functional groups attached to an aromatic ring is 1. The van der Waals surface area contributed by atoms with Crippen molar-refractivity contribution in [1.82, 2.24) is 0 Å². The summed E-state index contributed by atoms with van der Waals surface area (Å²) in [5.41, 5.74) is 6.05. The number of hydrogen-bond donors (Lipinski definition) is 1. The van der Waals surface area contributed by atoms with E-state index in [1.54, 1.807) is 0 Å². The molecule has 1 unspecified atom stereocenters. The van der Waals surface area contributed by atoms with Gasteiger partial charge in [-0.15, -0.1) is 0 Å². The van der Waals surface area contributed by atoms with Gasteiger partial charge in [-0.05, 0) is 37.0 Å². The van der Waals surface area contributed by atoms with Crippen LogP contribution in [-0.4, -0.2) is 9.96 Å². The first-order valence-corrected chi connectivity index (χ1v) is 5.92. The van der Waals surface area contributed by atoms with E-state index in [1.807, 2.05) is 0 Å². The summed E-state index contributed by atoms with van der Waals surface area (Å²) >= 11 is 0. The minimum absolute atomic E-state index is 0.377. The zero-order valence-corrected chi connectivity index (χ0v) is 8.52. The van der Waals surface area contributed by atoms with Crippen molar-refractivity contribution in [3.8, 4) is 0 Å². The first-order valence-electron chi connectivity index (χ1n) is 4.60. The van der Waals surface area contributed by atoms with Crippen LogP contribution in [0.3, 0.4) is 0 Å². The summed E-state index contributed by atoms with van der Waals surface area (Å²) < 4.78 is 24.6. The van der Waals surface area contributed by atoms with Crippen molar-refractivity contribution in [3.63, 3.8) is 0 Å². The normalized spacial score (nSPS) is 18.1. The van der Waals surface area contributed by atoms with Crippen LogP contribution in [-0.2, 0) is 10.8 Å². The number of benzene rings is 1. The molecule has 1 aliphatic carbocycles. The van der Waals surface area contributed by atoms with Crippen molar-refractivity contribution in [1.29, 1.82) is 0 Å². The maximum absolute atomic E-state index is 12.9. The lowest BCUT2D eigenvalue weighted by Crippen LogP contribution is -2.03. The maximum Gasteiger partial charge on any atom is 0.124 e. The summed E-state index contributed by atoms with van der Waals surface area (Å²) in [5, 5.41) is 0. The largest absolute Gasteiger partial charge is 0.398 e. The first kappa shape index (κ1) is 9.65. The Hall–Kier alpha value is -0.900. The minimum atomic E-state index is -1.14. The predicted octanol–water partition coefficient (Wildman–Crippen LogP) is 1.93. The lowest BCUT2D eigenvalue weighted by Gasteiger charge is -2.04. The molecule has 1 saturated carbocycles. The molecule has 4 heteroatoms. The molecular formula is C10H12FNOS. The summed E-state index contributed by atoms with van der Waals surface area (Å²) in [6.45, 7) is 0. The fourth-order valence-corrected chi connectivity index (χ4v) is 2.81. The number of rotatable bonds is 3. The monoisotopic (exact) mass is 213 g/mol. The average molecular weight is 213 g/mol. The van der Waals surface area contributed by atoms with Gasteiger partial charge in [-0.3, -0.25) is 4.21 Å². The van der Waals surface area contributed by atoms with E-state index in [1.165, 1.54) is 18.2 Å². The predicted molar refractivity (Wildman–Crippen MR) is 54.8 cm³/mol. The summed E-state index contributed by atoms with van der Waals surface area (Å²) in [5.74, 6) is 0.796. The Balaban J connectivity index is 2.20. The smallest absolute Gasteiger partial charge is 0.124 e. The van der Waals surface area contributed by atoms with E-state index in [0.29, 0.717) is 22.3 Å². The van der Waals surface area contributed by atoms with Gasteiger partial charge in [-0.25, -0.2) is 4.39 Å². The third kappa shape index (κ3) is 2.12. The van der Waals surface area contributed by atoms with Crippen LogP contribution in [0.5, 0.6) is 0 Å². The molecule has 0 amide bonds. The van der Waals surface area contributed by atoms with Crippen LogP contribution >= 0.6 is 0 Å². The van der Waals surface area contributed by atoms with Crippen LogP contribution in [0.2, 0.25) is 0 Å². The van der Waals surface area contributed by atoms with Crippen LogP contribution in [0.15, 0.2) is 23.1 Å². The SMILES string of the molecule is Nc1ccc(F)cc1S(=O)CC1CC1. The third-order valence-corrected chi connectivity index (χ3v) is 3.92. The van der Waals surface area contributed by atoms with Gasteiger partial charge in [0.05, 0.1) is 15.7 Å². The second kappa shape index (κ2) is 3.69. The van der Waals surface area contributed by atoms with Gasteiger partial charge in [0.1, 0.15) is 5.82 Å². The molecule has 0 bridgehead atoms. The van der Waals surface area contributed by atoms with E-state index < -0.39 is 10.8 Å². The Morgan fingerprint density at radius 1 is 1.50 bits per heavy atom. The summed E-state index contributed by atoms with van der Waals surface area (Å²) in [7, 11) is -1.14. The van der Waals surface area contributed by atoms with E-state index in [2.05, 4.69) is 0 Å². The molecule has 0 spiro atoms. The molecule has 0 saturated heterocycles. The second-order valence-electron chi connectivity index (χ2n) is 3.64. The quantitative estimate of drug-likeness (QED) is 0.779. The summed E-state index contributed by atoms with van der Waals surface area (Å²) in [4.78, 5) is 0.442. The third-order valence-electron chi connectivity index (χ3n) is 2.30. The highest BCUT2D eigenvalue weighted by Crippen LogP contribution is 2.31. The highest BCUT2D eigenvalue weighted by atomic mass is 32.2. The van der Waals surface area contributed by atoms with E-state index >= 15 is 0 Å². The van der Waals surface area contributed by atoms with E-state index in [4.69, 9.17) is 5.73 Å². The van der Waals surface area contributed by atoms with Crippen molar-refractivity contribution in [2.75, 3.05) is 11.5 Å². The molecule has 0 aliphatic heterocycles. The van der Waals surface area contributed by atoms with Gasteiger partial charge in [0.2, 0.25) is 0 Å². The molecule has 14 heavy (non-hydrogen) atoms. The zero-order valence-electron chi connectivity index (χ0n) is 7.70. The van der Waals surface area contributed by atoms with Gasteiger partial charge in [0.15, 0.2) is 0 Å². The molecule has 1 aliphatic rings. The molecule has 76 valence electrons. The molecule has 1 aromatic carbocycles. The first-order chi connectivity index (χ1) is 6.66. The van der Waals surface area contributed by atoms with Crippen molar-refractivity contribution in [2.45, 2.75) is 17.7 Å². The molecule has 1 fully saturated rings. The zero-order chi connectivity index (χ0) is 10.1. The standard InChI is InChI=1S/C10H12FNOS/c11-8-3-4-9(12)10(5-8)14(13)6-7-1-2-7/h3-5,7H,1-2,6,12H2. The van der Waals surface area contributed by atoms with Crippen molar-refractivity contribution in [2.24, 2.45) is 5.92 Å². The molecular weight excluding hydrogens is 201 g/mol. The van der Waals surface area contributed by atoms with Crippen molar-refractivity contribution < 1.29 is 8.60 Å². The lowest BCUT2D eigenvalue weighted by atomic mass is 10.3. The molecule has 2 N–H and O–H groups in total. The molecule has 2 nitrogen and oxygen atoms in total. The highest BCUT2D eigenvalue weighted by molar-refractivity contribution is 7.85. The number of halogens is 1. The van der Waals surface area contributed by atoms with Crippen LogP contribution in [0.1, 0.15) is 12.8 Å². The fourth-order valence-electron chi connectivity index (χ4n) is 1.29. The van der Waals surface area contributed by atoms with E-state index in [0.717, 1.165) is 12.8 Å². The number of nitrogens with two attached hydrogens (primary N) is 1. The van der Waals surface area contributed by atoms with E-state index in [-0.39, 0.29) is 5.82 Å². The van der Waals surface area contributed by atoms with Crippen LogP contribution in [0, 0.1) is 11.7 Å². The Labute approximate surface area is 84.8 Å². The van der Waals surface area contributed by atoms with Gasteiger partial charge in [0, 0.05) is 11.4 Å². The summed E-state index contributed by atoms with van der Waals surface area (Å²) in [6.07, 6.45) is 2.28. The Morgan fingerprint density at radius 2 is 2.21 bits per heavy atom. The summed E-state index contributed by atoms with van der Waals surface area (Å²) in [6, 6.07) is 4.02. The maximum atomic E-state index is 12.9. The molecule has 0 aromatic heterocycles. The van der Waals surface area contributed by atoms with E-state index in [9.17, 15) is 8.60 Å². The Morgan fingerprint density at radius 3 is 2.86 bits per heavy atom. The van der Waals surface area contributed by atoms with Crippen molar-refractivity contribution >= 4 is 16.5 Å². The fraction of sp³-hybridized carbons (Fsp3) is 0.400. The van der Waals surface area contributed by atoms with Crippen LogP contribution < -0.4 is 5.73 Å². The van der Waals surface area contributed by atoms with Gasteiger partial charge >= 0.3 is 0 Å². The molecule has 0 radical (unpaired) electrons. The Kier molecular flexibility index (Phi) is 2.54. The molecule has 2 rings (SSSR count). The molecule has 0 heterocycles. The topological polar surface area (TPSA) is 43.1 Å². The number of anilines is 1. The molecule has 1 aromatic rings. The van der Waals surface area contributed by atoms with Gasteiger partial charge in [-0.1, -0.05) is 0 Å². The average Bonchev–Trinajstić information content (AvgIpc) is 2.93.